The average molecular weight is 264 g/mol. The highest BCUT2D eigenvalue weighted by molar-refractivity contribution is 5.35. The molecule has 0 bridgehead atoms. The first-order valence-electron chi connectivity index (χ1n) is 6.04. The first-order valence-corrected chi connectivity index (χ1v) is 6.04. The van der Waals surface area contributed by atoms with E-state index in [0.29, 0.717) is 6.42 Å². The molecule has 2 heterocycles. The molecule has 1 aliphatic heterocycles. The van der Waals surface area contributed by atoms with Crippen LogP contribution in [0.25, 0.3) is 10.4 Å². The predicted octanol–water partition coefficient (Wildman–Crippen LogP) is 1.37. The van der Waals surface area contributed by atoms with Gasteiger partial charge >= 0.3 is 5.69 Å². The summed E-state index contributed by atoms with van der Waals surface area (Å²) in [5, 5.41) is 3.52. The van der Waals surface area contributed by atoms with E-state index in [-0.39, 0.29) is 30.6 Å². The van der Waals surface area contributed by atoms with Crippen molar-refractivity contribution < 1.29 is 4.74 Å². The third-order valence-electron chi connectivity index (χ3n) is 3.35. The van der Waals surface area contributed by atoms with Gasteiger partial charge in [-0.3, -0.25) is 4.57 Å². The van der Waals surface area contributed by atoms with E-state index in [0.717, 1.165) is 5.56 Å². The molecule has 0 saturated carbocycles. The number of hydrogen-bond donors (Lipinski definition) is 1. The van der Waals surface area contributed by atoms with Crippen LogP contribution in [0.3, 0.4) is 0 Å². The van der Waals surface area contributed by atoms with Crippen LogP contribution in [0.15, 0.2) is 16.1 Å². The van der Waals surface area contributed by atoms with E-state index in [2.05, 4.69) is 15.0 Å². The van der Waals surface area contributed by atoms with Crippen LogP contribution in [0.4, 0.5) is 5.82 Å². The van der Waals surface area contributed by atoms with Crippen LogP contribution in [-0.4, -0.2) is 22.2 Å². The van der Waals surface area contributed by atoms with Crippen molar-refractivity contribution in [3.63, 3.8) is 0 Å². The van der Waals surface area contributed by atoms with Crippen LogP contribution in [0.2, 0.25) is 0 Å². The minimum atomic E-state index is -0.426. The summed E-state index contributed by atoms with van der Waals surface area (Å²) >= 11 is 0. The molecule has 0 aromatic carbocycles. The quantitative estimate of drug-likeness (QED) is 0.503. The van der Waals surface area contributed by atoms with Crippen LogP contribution in [0.1, 0.15) is 25.1 Å². The average Bonchev–Trinajstić information content (AvgIpc) is 2.72. The number of nitrogen functional groups attached to an aromatic ring is 1. The molecule has 8 nitrogen and oxygen atoms in total. The monoisotopic (exact) mass is 264 g/mol. The minimum Gasteiger partial charge on any atom is -0.383 e. The molecule has 3 atom stereocenters. The van der Waals surface area contributed by atoms with Crippen molar-refractivity contribution in [1.82, 2.24) is 9.55 Å². The standard InChI is InChI=1S/C11H16N6O2/c1-6-3-9(19-8(6)4-14-16-13)17-5-7(2)10(12)15-11(17)18/h5-6,8-9H,3-4H2,1-2H3,(H2,12,15,18)/t6-,8+,9?/m0/s1. The normalized spacial score (nSPS) is 26.1. The van der Waals surface area contributed by atoms with Gasteiger partial charge < -0.3 is 10.5 Å². The highest BCUT2D eigenvalue weighted by Crippen LogP contribution is 2.32. The van der Waals surface area contributed by atoms with Crippen LogP contribution in [0.5, 0.6) is 0 Å². The van der Waals surface area contributed by atoms with E-state index in [4.69, 9.17) is 16.0 Å². The van der Waals surface area contributed by atoms with Crippen molar-refractivity contribution in [2.45, 2.75) is 32.6 Å². The lowest BCUT2D eigenvalue weighted by atomic mass is 10.0. The van der Waals surface area contributed by atoms with Gasteiger partial charge in [0.05, 0.1) is 12.6 Å². The van der Waals surface area contributed by atoms with Crippen molar-refractivity contribution in [2.75, 3.05) is 12.3 Å². The van der Waals surface area contributed by atoms with E-state index >= 15 is 0 Å². The SMILES string of the molecule is Cc1cn(C2C[C@H](C)[C@@H](CN=[N+]=[N-])O2)c(=O)nc1N. The lowest BCUT2D eigenvalue weighted by Crippen LogP contribution is -2.28. The fraction of sp³-hybridized carbons (Fsp3) is 0.636. The highest BCUT2D eigenvalue weighted by Gasteiger charge is 2.33. The summed E-state index contributed by atoms with van der Waals surface area (Å²) in [6.07, 6.45) is 1.77. The first kappa shape index (κ1) is 13.4. The molecule has 102 valence electrons. The summed E-state index contributed by atoms with van der Waals surface area (Å²) in [5.74, 6) is 0.443. The maximum atomic E-state index is 11.8. The van der Waals surface area contributed by atoms with Crippen LogP contribution < -0.4 is 11.4 Å². The van der Waals surface area contributed by atoms with Gasteiger partial charge in [-0.05, 0) is 24.8 Å². The molecule has 19 heavy (non-hydrogen) atoms. The predicted molar refractivity (Wildman–Crippen MR) is 69.4 cm³/mol. The Balaban J connectivity index is 2.23. The van der Waals surface area contributed by atoms with E-state index < -0.39 is 5.69 Å². The van der Waals surface area contributed by atoms with Gasteiger partial charge in [-0.25, -0.2) is 4.79 Å². The maximum absolute atomic E-state index is 11.8. The van der Waals surface area contributed by atoms with Crippen molar-refractivity contribution in [1.29, 1.82) is 0 Å². The Kier molecular flexibility index (Phi) is 3.73. The molecule has 0 radical (unpaired) electrons. The van der Waals surface area contributed by atoms with Crippen LogP contribution in [-0.2, 0) is 4.74 Å². The highest BCUT2D eigenvalue weighted by atomic mass is 16.5. The molecule has 0 amide bonds. The summed E-state index contributed by atoms with van der Waals surface area (Å²) in [4.78, 5) is 18.3. The smallest absolute Gasteiger partial charge is 0.351 e. The molecular formula is C11H16N6O2. The number of nitrogens with zero attached hydrogens (tertiary/aromatic N) is 5. The molecule has 1 aromatic rings. The van der Waals surface area contributed by atoms with Gasteiger partial charge in [0.2, 0.25) is 0 Å². The van der Waals surface area contributed by atoms with E-state index in [1.807, 2.05) is 6.92 Å². The summed E-state index contributed by atoms with van der Waals surface area (Å²) < 4.78 is 7.20. The molecule has 8 heteroatoms. The Labute approximate surface area is 109 Å². The fourth-order valence-electron chi connectivity index (χ4n) is 2.17. The first-order chi connectivity index (χ1) is 9.02. The van der Waals surface area contributed by atoms with Crippen molar-refractivity contribution >= 4 is 5.82 Å². The number of nitrogens with two attached hydrogens (primary N) is 1. The number of ether oxygens (including phenoxy) is 1. The molecule has 1 fully saturated rings. The van der Waals surface area contributed by atoms with Gasteiger partial charge in [-0.2, -0.15) is 4.98 Å². The number of azide groups is 1. The van der Waals surface area contributed by atoms with Crippen molar-refractivity contribution in [3.05, 3.63) is 32.7 Å². The van der Waals surface area contributed by atoms with Gasteiger partial charge in [-0.1, -0.05) is 12.0 Å². The molecule has 0 spiro atoms. The zero-order valence-electron chi connectivity index (χ0n) is 10.9. The number of rotatable bonds is 3. The second kappa shape index (κ2) is 5.29. The van der Waals surface area contributed by atoms with E-state index in [1.165, 1.54) is 4.57 Å². The second-order valence-electron chi connectivity index (χ2n) is 4.75. The molecule has 2 rings (SSSR count). The zero-order chi connectivity index (χ0) is 14.0. The van der Waals surface area contributed by atoms with E-state index in [1.54, 1.807) is 13.1 Å². The molecule has 0 aliphatic carbocycles. The van der Waals surface area contributed by atoms with Crippen molar-refractivity contribution in [2.24, 2.45) is 11.0 Å². The molecule has 1 aliphatic rings. The largest absolute Gasteiger partial charge is 0.383 e. The summed E-state index contributed by atoms with van der Waals surface area (Å²) in [7, 11) is 0. The Morgan fingerprint density at radius 3 is 3.16 bits per heavy atom. The maximum Gasteiger partial charge on any atom is 0.351 e. The Morgan fingerprint density at radius 1 is 1.74 bits per heavy atom. The minimum absolute atomic E-state index is 0.175. The molecule has 2 N–H and O–H groups in total. The Hall–Kier alpha value is -2.05. The van der Waals surface area contributed by atoms with Crippen LogP contribution >= 0.6 is 0 Å². The molecule has 1 unspecified atom stereocenters. The zero-order valence-corrected chi connectivity index (χ0v) is 10.9. The lowest BCUT2D eigenvalue weighted by molar-refractivity contribution is -0.00146. The number of aromatic nitrogens is 2. The molecule has 1 saturated heterocycles. The van der Waals surface area contributed by atoms with Gasteiger partial charge in [0.15, 0.2) is 0 Å². The van der Waals surface area contributed by atoms with Crippen molar-refractivity contribution in [3.8, 4) is 0 Å². The van der Waals surface area contributed by atoms with Gasteiger partial charge in [0.1, 0.15) is 12.0 Å². The number of aryl methyl sites for hydroxylation is 1. The fourth-order valence-corrected chi connectivity index (χ4v) is 2.17. The second-order valence-corrected chi connectivity index (χ2v) is 4.75. The molecular weight excluding hydrogens is 248 g/mol. The third-order valence-corrected chi connectivity index (χ3v) is 3.35. The number of hydrogen-bond acceptors (Lipinski definition) is 5. The Morgan fingerprint density at radius 2 is 2.47 bits per heavy atom. The van der Waals surface area contributed by atoms with E-state index in [9.17, 15) is 4.79 Å². The van der Waals surface area contributed by atoms with Crippen LogP contribution in [0, 0.1) is 12.8 Å². The summed E-state index contributed by atoms with van der Waals surface area (Å²) in [6.45, 7) is 4.05. The third kappa shape index (κ3) is 2.69. The van der Waals surface area contributed by atoms with Gasteiger partial charge in [-0.15, -0.1) is 0 Å². The van der Waals surface area contributed by atoms with Gasteiger partial charge in [0, 0.05) is 16.7 Å². The Bertz CT molecular complexity index is 577. The molecule has 1 aromatic heterocycles. The lowest BCUT2D eigenvalue weighted by Gasteiger charge is -2.15. The number of anilines is 1. The topological polar surface area (TPSA) is 119 Å². The summed E-state index contributed by atoms with van der Waals surface area (Å²) in [6, 6.07) is 0. The van der Waals surface area contributed by atoms with Gasteiger partial charge in [0.25, 0.3) is 0 Å². The summed E-state index contributed by atoms with van der Waals surface area (Å²) in [5.41, 5.74) is 14.2.